The van der Waals surface area contributed by atoms with E-state index in [4.69, 9.17) is 10.3 Å². The first-order valence-corrected chi connectivity index (χ1v) is 7.57. The van der Waals surface area contributed by atoms with Crippen molar-refractivity contribution >= 4 is 5.91 Å². The average molecular weight is 300 g/mol. The summed E-state index contributed by atoms with van der Waals surface area (Å²) in [6, 6.07) is 5.43. The minimum atomic E-state index is -0.0885. The van der Waals surface area contributed by atoms with E-state index in [1.165, 1.54) is 0 Å². The van der Waals surface area contributed by atoms with Gasteiger partial charge in [0.25, 0.3) is 5.91 Å². The Hall–Kier alpha value is -2.21. The van der Waals surface area contributed by atoms with Crippen molar-refractivity contribution in [1.82, 2.24) is 15.0 Å². The summed E-state index contributed by atoms with van der Waals surface area (Å²) in [5, 5.41) is 3.92. The van der Waals surface area contributed by atoms with E-state index < -0.39 is 0 Å². The SMILES string of the molecule is CC(N)C1CCCN(C(=O)c2cc(-c3ccncc3)on2)C1. The number of likely N-dealkylation sites (tertiary alicyclic amines) is 1. The molecule has 0 bridgehead atoms. The van der Waals surface area contributed by atoms with Gasteiger partial charge in [0.2, 0.25) is 0 Å². The molecular weight excluding hydrogens is 280 g/mol. The normalized spacial score (nSPS) is 19.9. The molecule has 1 saturated heterocycles. The standard InChI is InChI=1S/C16H20N4O2/c1-11(17)13-3-2-8-20(10-13)16(21)14-9-15(22-19-14)12-4-6-18-7-5-12/h4-7,9,11,13H,2-3,8,10,17H2,1H3. The van der Waals surface area contributed by atoms with Gasteiger partial charge in [-0.3, -0.25) is 9.78 Å². The van der Waals surface area contributed by atoms with Crippen molar-refractivity contribution in [1.29, 1.82) is 0 Å². The molecule has 2 aromatic rings. The van der Waals surface area contributed by atoms with E-state index in [9.17, 15) is 4.79 Å². The minimum Gasteiger partial charge on any atom is -0.355 e. The predicted molar refractivity (Wildman–Crippen MR) is 82.0 cm³/mol. The second kappa shape index (κ2) is 6.27. The number of rotatable bonds is 3. The highest BCUT2D eigenvalue weighted by Gasteiger charge is 2.28. The predicted octanol–water partition coefficient (Wildman–Crippen LogP) is 1.94. The fourth-order valence-electron chi connectivity index (χ4n) is 2.81. The van der Waals surface area contributed by atoms with Gasteiger partial charge in [-0.05, 0) is 37.8 Å². The van der Waals surface area contributed by atoms with E-state index in [2.05, 4.69) is 10.1 Å². The molecule has 2 aromatic heterocycles. The Labute approximate surface area is 129 Å². The molecule has 6 nitrogen and oxygen atoms in total. The van der Waals surface area contributed by atoms with Gasteiger partial charge < -0.3 is 15.2 Å². The molecule has 116 valence electrons. The molecule has 2 unspecified atom stereocenters. The first kappa shape index (κ1) is 14.7. The van der Waals surface area contributed by atoms with Crippen LogP contribution in [0.15, 0.2) is 35.1 Å². The lowest BCUT2D eigenvalue weighted by Crippen LogP contribution is -2.45. The van der Waals surface area contributed by atoms with Crippen LogP contribution in [0.5, 0.6) is 0 Å². The van der Waals surface area contributed by atoms with Crippen molar-refractivity contribution in [2.75, 3.05) is 13.1 Å². The number of carbonyl (C=O) groups excluding carboxylic acids is 1. The van der Waals surface area contributed by atoms with Crippen LogP contribution in [0.3, 0.4) is 0 Å². The third kappa shape index (κ3) is 3.01. The van der Waals surface area contributed by atoms with Crippen molar-refractivity contribution in [2.45, 2.75) is 25.8 Å². The minimum absolute atomic E-state index is 0.0885. The van der Waals surface area contributed by atoms with Crippen LogP contribution in [0, 0.1) is 5.92 Å². The largest absolute Gasteiger partial charge is 0.355 e. The topological polar surface area (TPSA) is 85.2 Å². The third-order valence-electron chi connectivity index (χ3n) is 4.18. The number of amides is 1. The smallest absolute Gasteiger partial charge is 0.276 e. The van der Waals surface area contributed by atoms with Crippen molar-refractivity contribution in [3.05, 3.63) is 36.3 Å². The van der Waals surface area contributed by atoms with E-state index >= 15 is 0 Å². The van der Waals surface area contributed by atoms with Gasteiger partial charge in [-0.2, -0.15) is 0 Å². The van der Waals surface area contributed by atoms with Crippen LogP contribution in [0.2, 0.25) is 0 Å². The molecule has 1 amide bonds. The number of hydrogen-bond donors (Lipinski definition) is 1. The van der Waals surface area contributed by atoms with E-state index in [0.717, 1.165) is 24.9 Å². The molecule has 0 aromatic carbocycles. The highest BCUT2D eigenvalue weighted by Crippen LogP contribution is 2.23. The van der Waals surface area contributed by atoms with Crippen molar-refractivity contribution in [3.8, 4) is 11.3 Å². The molecule has 2 N–H and O–H groups in total. The second-order valence-corrected chi connectivity index (χ2v) is 5.82. The maximum atomic E-state index is 12.6. The summed E-state index contributed by atoms with van der Waals surface area (Å²) in [5.41, 5.74) is 7.17. The van der Waals surface area contributed by atoms with E-state index in [1.807, 2.05) is 24.0 Å². The molecule has 6 heteroatoms. The average Bonchev–Trinajstić information content (AvgIpc) is 3.05. The van der Waals surface area contributed by atoms with Gasteiger partial charge in [-0.1, -0.05) is 5.16 Å². The van der Waals surface area contributed by atoms with Crippen LogP contribution in [0.1, 0.15) is 30.3 Å². The molecule has 3 heterocycles. The maximum absolute atomic E-state index is 12.6. The Balaban J connectivity index is 1.74. The van der Waals surface area contributed by atoms with E-state index in [0.29, 0.717) is 23.9 Å². The molecular formula is C16H20N4O2. The van der Waals surface area contributed by atoms with Crippen LogP contribution < -0.4 is 5.73 Å². The highest BCUT2D eigenvalue weighted by atomic mass is 16.5. The summed E-state index contributed by atoms with van der Waals surface area (Å²) >= 11 is 0. The molecule has 1 fully saturated rings. The lowest BCUT2D eigenvalue weighted by molar-refractivity contribution is 0.0650. The molecule has 22 heavy (non-hydrogen) atoms. The lowest BCUT2D eigenvalue weighted by Gasteiger charge is -2.34. The summed E-state index contributed by atoms with van der Waals surface area (Å²) in [4.78, 5) is 18.3. The summed E-state index contributed by atoms with van der Waals surface area (Å²) in [7, 11) is 0. The fourth-order valence-corrected chi connectivity index (χ4v) is 2.81. The summed E-state index contributed by atoms with van der Waals surface area (Å²) < 4.78 is 5.29. The third-order valence-corrected chi connectivity index (χ3v) is 4.18. The van der Waals surface area contributed by atoms with Crippen molar-refractivity contribution < 1.29 is 9.32 Å². The molecule has 0 spiro atoms. The van der Waals surface area contributed by atoms with Crippen LogP contribution in [-0.4, -0.2) is 40.1 Å². The summed E-state index contributed by atoms with van der Waals surface area (Å²) in [6.07, 6.45) is 5.41. The Morgan fingerprint density at radius 2 is 2.23 bits per heavy atom. The molecule has 0 saturated carbocycles. The zero-order valence-corrected chi connectivity index (χ0v) is 12.6. The number of carbonyl (C=O) groups is 1. The van der Waals surface area contributed by atoms with Crippen LogP contribution in [0.4, 0.5) is 0 Å². The lowest BCUT2D eigenvalue weighted by atomic mass is 9.92. The number of nitrogens with two attached hydrogens (primary N) is 1. The number of pyridine rings is 1. The second-order valence-electron chi connectivity index (χ2n) is 5.82. The fraction of sp³-hybridized carbons (Fsp3) is 0.438. The quantitative estimate of drug-likeness (QED) is 0.936. The number of aromatic nitrogens is 2. The van der Waals surface area contributed by atoms with Gasteiger partial charge in [0.1, 0.15) is 0 Å². The number of hydrogen-bond acceptors (Lipinski definition) is 5. The Morgan fingerprint density at radius 1 is 1.45 bits per heavy atom. The zero-order valence-electron chi connectivity index (χ0n) is 12.6. The summed E-state index contributed by atoms with van der Waals surface area (Å²) in [6.45, 7) is 3.43. The highest BCUT2D eigenvalue weighted by molar-refractivity contribution is 5.93. The molecule has 3 rings (SSSR count). The van der Waals surface area contributed by atoms with Gasteiger partial charge in [0.05, 0.1) is 0 Å². The van der Waals surface area contributed by atoms with Gasteiger partial charge in [-0.15, -0.1) is 0 Å². The molecule has 0 aliphatic carbocycles. The van der Waals surface area contributed by atoms with Gasteiger partial charge in [-0.25, -0.2) is 0 Å². The molecule has 0 radical (unpaired) electrons. The number of nitrogens with zero attached hydrogens (tertiary/aromatic N) is 3. The van der Waals surface area contributed by atoms with Gasteiger partial charge in [0.15, 0.2) is 11.5 Å². The molecule has 1 aliphatic rings. The Bertz CT molecular complexity index is 639. The van der Waals surface area contributed by atoms with Gasteiger partial charge >= 0.3 is 0 Å². The van der Waals surface area contributed by atoms with E-state index in [-0.39, 0.29) is 11.9 Å². The van der Waals surface area contributed by atoms with Crippen molar-refractivity contribution in [3.63, 3.8) is 0 Å². The molecule has 1 aliphatic heterocycles. The maximum Gasteiger partial charge on any atom is 0.276 e. The monoisotopic (exact) mass is 300 g/mol. The first-order chi connectivity index (χ1) is 10.6. The van der Waals surface area contributed by atoms with Crippen LogP contribution in [0.25, 0.3) is 11.3 Å². The van der Waals surface area contributed by atoms with Crippen LogP contribution in [-0.2, 0) is 0 Å². The van der Waals surface area contributed by atoms with Gasteiger partial charge in [0, 0.05) is 43.2 Å². The Morgan fingerprint density at radius 3 is 2.95 bits per heavy atom. The number of piperidine rings is 1. The summed E-state index contributed by atoms with van der Waals surface area (Å²) in [5.74, 6) is 0.838. The van der Waals surface area contributed by atoms with E-state index in [1.54, 1.807) is 18.5 Å². The zero-order chi connectivity index (χ0) is 15.5. The van der Waals surface area contributed by atoms with Crippen LogP contribution >= 0.6 is 0 Å². The van der Waals surface area contributed by atoms with Crippen molar-refractivity contribution in [2.24, 2.45) is 11.7 Å². The molecule has 2 atom stereocenters. The first-order valence-electron chi connectivity index (χ1n) is 7.57. The Kier molecular flexibility index (Phi) is 4.20.